The van der Waals surface area contributed by atoms with Crippen LogP contribution in [0.2, 0.25) is 0 Å². The first-order valence-electron chi connectivity index (χ1n) is 7.11. The van der Waals surface area contributed by atoms with Crippen molar-refractivity contribution in [2.75, 3.05) is 7.11 Å². The normalized spacial score (nSPS) is 10.9. The molecular weight excluding hydrogens is 268 g/mol. The summed E-state index contributed by atoms with van der Waals surface area (Å²) in [6.07, 6.45) is 2.83. The molecule has 0 N–H and O–H groups in total. The molecule has 2 aromatic heterocycles. The van der Waals surface area contributed by atoms with Gasteiger partial charge in [-0.05, 0) is 20.3 Å². The fourth-order valence-corrected chi connectivity index (χ4v) is 2.50. The summed E-state index contributed by atoms with van der Waals surface area (Å²) in [5.74, 6) is 0.546. The zero-order valence-corrected chi connectivity index (χ0v) is 13.3. The van der Waals surface area contributed by atoms with E-state index in [2.05, 4.69) is 17.1 Å². The van der Waals surface area contributed by atoms with Crippen molar-refractivity contribution in [3.05, 3.63) is 28.8 Å². The van der Waals surface area contributed by atoms with Gasteiger partial charge in [0.05, 0.1) is 19.0 Å². The molecule has 0 aromatic carbocycles. The number of rotatable bonds is 6. The highest BCUT2D eigenvalue weighted by Gasteiger charge is 2.22. The van der Waals surface area contributed by atoms with E-state index in [4.69, 9.17) is 4.74 Å². The van der Waals surface area contributed by atoms with Crippen molar-refractivity contribution in [2.24, 2.45) is 7.05 Å². The fourth-order valence-electron chi connectivity index (χ4n) is 2.50. The van der Waals surface area contributed by atoms with Crippen molar-refractivity contribution in [3.8, 4) is 5.75 Å². The molecule has 0 saturated heterocycles. The minimum atomic E-state index is 0.0111. The van der Waals surface area contributed by atoms with Crippen molar-refractivity contribution in [1.29, 1.82) is 0 Å². The van der Waals surface area contributed by atoms with E-state index in [9.17, 15) is 4.79 Å². The summed E-state index contributed by atoms with van der Waals surface area (Å²) in [6.45, 7) is 6.66. The van der Waals surface area contributed by atoms with Gasteiger partial charge in [-0.2, -0.15) is 10.2 Å². The lowest BCUT2D eigenvalue weighted by Gasteiger charge is -2.08. The maximum atomic E-state index is 12.7. The van der Waals surface area contributed by atoms with Gasteiger partial charge < -0.3 is 4.74 Å². The van der Waals surface area contributed by atoms with Crippen LogP contribution in [0.25, 0.3) is 0 Å². The van der Waals surface area contributed by atoms with Crippen LogP contribution in [-0.2, 0) is 20.0 Å². The number of nitrogens with zero attached hydrogens (tertiary/aromatic N) is 4. The molecule has 6 nitrogen and oxygen atoms in total. The molecule has 0 aliphatic rings. The Kier molecular flexibility index (Phi) is 4.45. The topological polar surface area (TPSA) is 61.9 Å². The SMILES string of the molecule is CCCn1ncc(OC)c1C(=O)Cc1c(C)nn(C)c1C. The molecular formula is C15H22N4O2. The number of hydrogen-bond acceptors (Lipinski definition) is 4. The standard InChI is InChI=1S/C15H22N4O2/c1-6-7-19-15(14(21-5)9-16-19)13(20)8-12-10(2)17-18(4)11(12)3/h9H,6-8H2,1-5H3. The van der Waals surface area contributed by atoms with E-state index < -0.39 is 0 Å². The number of ether oxygens (including phenoxy) is 1. The molecule has 2 heterocycles. The number of aromatic nitrogens is 4. The minimum absolute atomic E-state index is 0.0111. The maximum Gasteiger partial charge on any atom is 0.189 e. The zero-order chi connectivity index (χ0) is 15.6. The minimum Gasteiger partial charge on any atom is -0.493 e. The van der Waals surface area contributed by atoms with Crippen molar-refractivity contribution in [3.63, 3.8) is 0 Å². The average molecular weight is 290 g/mol. The average Bonchev–Trinajstić information content (AvgIpc) is 2.95. The Labute approximate surface area is 124 Å². The van der Waals surface area contributed by atoms with Gasteiger partial charge in [0.15, 0.2) is 11.5 Å². The van der Waals surface area contributed by atoms with Crippen LogP contribution in [0.5, 0.6) is 5.75 Å². The van der Waals surface area contributed by atoms with E-state index in [1.54, 1.807) is 22.7 Å². The molecule has 0 amide bonds. The lowest BCUT2D eigenvalue weighted by atomic mass is 10.0. The quantitative estimate of drug-likeness (QED) is 0.764. The molecule has 0 fully saturated rings. The van der Waals surface area contributed by atoms with Crippen LogP contribution in [0.15, 0.2) is 6.20 Å². The second kappa shape index (κ2) is 6.11. The fraction of sp³-hybridized carbons (Fsp3) is 0.533. The van der Waals surface area contributed by atoms with E-state index in [-0.39, 0.29) is 5.78 Å². The first-order valence-corrected chi connectivity index (χ1v) is 7.11. The molecule has 21 heavy (non-hydrogen) atoms. The highest BCUT2D eigenvalue weighted by molar-refractivity contribution is 5.98. The van der Waals surface area contributed by atoms with Gasteiger partial charge in [-0.1, -0.05) is 6.92 Å². The maximum absolute atomic E-state index is 12.7. The summed E-state index contributed by atoms with van der Waals surface area (Å²) in [4.78, 5) is 12.7. The lowest BCUT2D eigenvalue weighted by molar-refractivity contribution is 0.0979. The van der Waals surface area contributed by atoms with Crippen LogP contribution < -0.4 is 4.74 Å². The summed E-state index contributed by atoms with van der Waals surface area (Å²) in [7, 11) is 3.45. The summed E-state index contributed by atoms with van der Waals surface area (Å²) >= 11 is 0. The predicted molar refractivity (Wildman–Crippen MR) is 79.8 cm³/mol. The van der Waals surface area contributed by atoms with E-state index in [0.717, 1.165) is 23.4 Å². The third-order valence-corrected chi connectivity index (χ3v) is 3.72. The lowest BCUT2D eigenvalue weighted by Crippen LogP contribution is -2.14. The number of hydrogen-bond donors (Lipinski definition) is 0. The van der Waals surface area contributed by atoms with Crippen LogP contribution >= 0.6 is 0 Å². The van der Waals surface area contributed by atoms with Gasteiger partial charge in [-0.3, -0.25) is 14.2 Å². The highest BCUT2D eigenvalue weighted by atomic mass is 16.5. The molecule has 6 heteroatoms. The number of ketones is 1. The van der Waals surface area contributed by atoms with E-state index >= 15 is 0 Å². The Morgan fingerprint density at radius 3 is 2.62 bits per heavy atom. The van der Waals surface area contributed by atoms with Crippen LogP contribution in [-0.4, -0.2) is 32.5 Å². The largest absolute Gasteiger partial charge is 0.493 e. The molecule has 2 rings (SSSR count). The van der Waals surface area contributed by atoms with Crippen LogP contribution in [0.3, 0.4) is 0 Å². The predicted octanol–water partition coefficient (Wildman–Crippen LogP) is 2.08. The molecule has 0 bridgehead atoms. The molecule has 0 aliphatic carbocycles. The van der Waals surface area contributed by atoms with Crippen LogP contribution in [0.4, 0.5) is 0 Å². The first kappa shape index (κ1) is 15.3. The van der Waals surface area contributed by atoms with Gasteiger partial charge in [-0.25, -0.2) is 0 Å². The summed E-state index contributed by atoms with van der Waals surface area (Å²) in [5, 5.41) is 8.60. The molecule has 0 radical (unpaired) electrons. The van der Waals surface area contributed by atoms with Crippen molar-refractivity contribution >= 4 is 5.78 Å². The van der Waals surface area contributed by atoms with Gasteiger partial charge in [0, 0.05) is 31.3 Å². The van der Waals surface area contributed by atoms with Gasteiger partial charge in [0.25, 0.3) is 0 Å². The third kappa shape index (κ3) is 2.84. The number of aryl methyl sites for hydroxylation is 3. The van der Waals surface area contributed by atoms with Crippen molar-refractivity contribution in [2.45, 2.75) is 40.2 Å². The van der Waals surface area contributed by atoms with E-state index in [1.165, 1.54) is 0 Å². The molecule has 114 valence electrons. The monoisotopic (exact) mass is 290 g/mol. The molecule has 0 spiro atoms. The zero-order valence-electron chi connectivity index (χ0n) is 13.3. The molecule has 0 unspecified atom stereocenters. The Morgan fingerprint density at radius 2 is 2.10 bits per heavy atom. The summed E-state index contributed by atoms with van der Waals surface area (Å²) < 4.78 is 8.80. The Balaban J connectivity index is 2.34. The van der Waals surface area contributed by atoms with Gasteiger partial charge in [-0.15, -0.1) is 0 Å². The molecule has 0 aliphatic heterocycles. The Morgan fingerprint density at radius 1 is 1.38 bits per heavy atom. The van der Waals surface area contributed by atoms with Gasteiger partial charge >= 0.3 is 0 Å². The molecule has 0 atom stereocenters. The number of carbonyl (C=O) groups is 1. The van der Waals surface area contributed by atoms with Crippen molar-refractivity contribution < 1.29 is 9.53 Å². The number of Topliss-reactive ketones (excluding diaryl/α,β-unsaturated/α-hetero) is 1. The number of methoxy groups -OCH3 is 1. The van der Waals surface area contributed by atoms with E-state index in [1.807, 2.05) is 20.9 Å². The van der Waals surface area contributed by atoms with E-state index in [0.29, 0.717) is 24.4 Å². The summed E-state index contributed by atoms with van der Waals surface area (Å²) in [5.41, 5.74) is 3.43. The third-order valence-electron chi connectivity index (χ3n) is 3.72. The van der Waals surface area contributed by atoms with Gasteiger partial charge in [0.2, 0.25) is 0 Å². The van der Waals surface area contributed by atoms with Gasteiger partial charge in [0.1, 0.15) is 5.69 Å². The molecule has 2 aromatic rings. The Bertz CT molecular complexity index is 655. The van der Waals surface area contributed by atoms with Crippen molar-refractivity contribution in [1.82, 2.24) is 19.6 Å². The van der Waals surface area contributed by atoms with Crippen LogP contribution in [0, 0.1) is 13.8 Å². The Hall–Kier alpha value is -2.11. The molecule has 0 saturated carbocycles. The second-order valence-electron chi connectivity index (χ2n) is 5.16. The second-order valence-corrected chi connectivity index (χ2v) is 5.16. The smallest absolute Gasteiger partial charge is 0.189 e. The van der Waals surface area contributed by atoms with Crippen LogP contribution in [0.1, 0.15) is 40.8 Å². The summed E-state index contributed by atoms with van der Waals surface area (Å²) in [6, 6.07) is 0. The number of carbonyl (C=O) groups excluding carboxylic acids is 1. The first-order chi connectivity index (χ1) is 9.99. The highest BCUT2D eigenvalue weighted by Crippen LogP contribution is 2.22.